The molecule has 0 aliphatic carbocycles. The van der Waals surface area contributed by atoms with Gasteiger partial charge in [-0.2, -0.15) is 15.1 Å². The Morgan fingerprint density at radius 2 is 2.08 bits per heavy atom. The number of benzene rings is 1. The second-order valence-electron chi connectivity index (χ2n) is 9.61. The van der Waals surface area contributed by atoms with Gasteiger partial charge in [0.25, 0.3) is 0 Å². The van der Waals surface area contributed by atoms with Crippen molar-refractivity contribution in [3.05, 3.63) is 58.7 Å². The van der Waals surface area contributed by atoms with E-state index in [4.69, 9.17) is 29.3 Å². The van der Waals surface area contributed by atoms with Crippen LogP contribution < -0.4 is 14.4 Å². The predicted molar refractivity (Wildman–Crippen MR) is 142 cm³/mol. The molecule has 37 heavy (non-hydrogen) atoms. The molecule has 2 aliphatic rings. The summed E-state index contributed by atoms with van der Waals surface area (Å²) in [6, 6.07) is 12.5. The maximum Gasteiger partial charge on any atom is 0.320 e. The molecule has 0 saturated carbocycles. The van der Waals surface area contributed by atoms with Crippen LogP contribution in [0.5, 0.6) is 11.8 Å². The highest BCUT2D eigenvalue weighted by Gasteiger charge is 2.49. The second kappa shape index (κ2) is 9.75. The van der Waals surface area contributed by atoms with E-state index in [1.165, 1.54) is 4.88 Å². The molecule has 2 fully saturated rings. The third kappa shape index (κ3) is 4.67. The molecule has 2 aliphatic heterocycles. The van der Waals surface area contributed by atoms with Crippen molar-refractivity contribution in [3.63, 3.8) is 0 Å². The molecule has 0 unspecified atom stereocenters. The van der Waals surface area contributed by atoms with Crippen LogP contribution in [0.2, 0.25) is 0 Å². The highest BCUT2D eigenvalue weighted by atomic mass is 32.1. The summed E-state index contributed by atoms with van der Waals surface area (Å²) in [4.78, 5) is 17.4. The lowest BCUT2D eigenvalue weighted by Crippen LogP contribution is -2.39. The van der Waals surface area contributed by atoms with E-state index in [1.807, 2.05) is 55.0 Å². The van der Waals surface area contributed by atoms with Gasteiger partial charge in [-0.15, -0.1) is 11.3 Å². The maximum absolute atomic E-state index is 6.10. The van der Waals surface area contributed by atoms with Crippen molar-refractivity contribution >= 4 is 17.2 Å². The van der Waals surface area contributed by atoms with E-state index in [2.05, 4.69) is 16.8 Å². The molecule has 0 spiro atoms. The van der Waals surface area contributed by atoms with E-state index < -0.39 is 0 Å². The van der Waals surface area contributed by atoms with Gasteiger partial charge in [0.15, 0.2) is 5.82 Å². The number of anilines is 1. The van der Waals surface area contributed by atoms with Crippen molar-refractivity contribution in [1.82, 2.24) is 24.7 Å². The van der Waals surface area contributed by atoms with Crippen LogP contribution in [0.3, 0.4) is 0 Å². The summed E-state index contributed by atoms with van der Waals surface area (Å²) in [5, 5.41) is 4.81. The summed E-state index contributed by atoms with van der Waals surface area (Å²) < 4.78 is 19.4. The zero-order chi connectivity index (χ0) is 25.4. The molecule has 5 heterocycles. The third-order valence-electron chi connectivity index (χ3n) is 7.32. The largest absolute Gasteiger partial charge is 0.497 e. The van der Waals surface area contributed by atoms with Crippen molar-refractivity contribution in [2.24, 2.45) is 0 Å². The fourth-order valence-corrected chi connectivity index (χ4v) is 5.98. The van der Waals surface area contributed by atoms with Crippen LogP contribution in [0.1, 0.15) is 30.3 Å². The van der Waals surface area contributed by atoms with E-state index in [9.17, 15) is 0 Å². The average molecular weight is 519 g/mol. The SMILES string of the molecule is COc1cccc(-c2ccn(-c3cc(N4CC[C@@]5(C)OCC[C@@H]45)nc(OCCc4scnc4C)n3)n2)c1. The topological polar surface area (TPSA) is 87.4 Å². The Hall–Kier alpha value is -3.50. The molecule has 3 aromatic heterocycles. The maximum atomic E-state index is 6.10. The summed E-state index contributed by atoms with van der Waals surface area (Å²) >= 11 is 1.64. The number of ether oxygens (including phenoxy) is 3. The predicted octanol–water partition coefficient (Wildman–Crippen LogP) is 4.48. The van der Waals surface area contributed by atoms with Gasteiger partial charge < -0.3 is 19.1 Å². The molecule has 9 nitrogen and oxygen atoms in total. The number of nitrogens with zero attached hydrogens (tertiary/aromatic N) is 6. The first-order valence-electron chi connectivity index (χ1n) is 12.5. The van der Waals surface area contributed by atoms with Gasteiger partial charge in [-0.3, -0.25) is 0 Å². The van der Waals surface area contributed by atoms with E-state index >= 15 is 0 Å². The van der Waals surface area contributed by atoms with Crippen LogP contribution in [-0.2, 0) is 11.2 Å². The first-order valence-corrected chi connectivity index (χ1v) is 13.4. The standard InChI is InChI=1S/C27H30N6O3S/c1-18-22(37-17-28-18)8-13-35-26-29-24(32-12-10-27(2)23(32)9-14-36-27)16-25(30-26)33-11-7-21(31-33)19-5-4-6-20(15-19)34-3/h4-7,11,15-17,23H,8-10,12-14H2,1-3H3/t23-,27-/m1/s1. The van der Waals surface area contributed by atoms with E-state index in [1.54, 1.807) is 23.1 Å². The van der Waals surface area contributed by atoms with Crippen LogP contribution in [0, 0.1) is 6.92 Å². The molecule has 10 heteroatoms. The number of rotatable bonds is 8. The van der Waals surface area contributed by atoms with E-state index in [0.29, 0.717) is 18.4 Å². The Morgan fingerprint density at radius 1 is 1.19 bits per heavy atom. The molecule has 2 saturated heterocycles. The number of hydrogen-bond acceptors (Lipinski definition) is 9. The number of methoxy groups -OCH3 is 1. The average Bonchev–Trinajstić information content (AvgIpc) is 3.69. The van der Waals surface area contributed by atoms with Gasteiger partial charge in [-0.05, 0) is 44.9 Å². The highest BCUT2D eigenvalue weighted by molar-refractivity contribution is 7.09. The van der Waals surface area contributed by atoms with Crippen LogP contribution >= 0.6 is 11.3 Å². The highest BCUT2D eigenvalue weighted by Crippen LogP contribution is 2.41. The Morgan fingerprint density at radius 3 is 2.92 bits per heavy atom. The van der Waals surface area contributed by atoms with Crippen LogP contribution in [0.4, 0.5) is 5.82 Å². The van der Waals surface area contributed by atoms with Crippen molar-refractivity contribution in [3.8, 4) is 28.8 Å². The normalized spacial score (nSPS) is 20.8. The van der Waals surface area contributed by atoms with Crippen LogP contribution in [0.15, 0.2) is 48.1 Å². The first-order chi connectivity index (χ1) is 18.0. The third-order valence-corrected chi connectivity index (χ3v) is 8.32. The van der Waals surface area contributed by atoms with Gasteiger partial charge in [0.05, 0.1) is 42.3 Å². The van der Waals surface area contributed by atoms with Gasteiger partial charge in [0.2, 0.25) is 0 Å². The van der Waals surface area contributed by atoms with Gasteiger partial charge in [0.1, 0.15) is 11.6 Å². The second-order valence-corrected chi connectivity index (χ2v) is 10.6. The lowest BCUT2D eigenvalue weighted by molar-refractivity contribution is 0.0225. The molecule has 0 radical (unpaired) electrons. The van der Waals surface area contributed by atoms with Gasteiger partial charge in [-0.1, -0.05) is 12.1 Å². The molecule has 0 N–H and O–H groups in total. The summed E-state index contributed by atoms with van der Waals surface area (Å²) in [5.41, 5.74) is 4.58. The minimum Gasteiger partial charge on any atom is -0.497 e. The lowest BCUT2D eigenvalue weighted by atomic mass is 9.97. The number of aromatic nitrogens is 5. The molecular weight excluding hydrogens is 488 g/mol. The van der Waals surface area contributed by atoms with E-state index in [0.717, 1.165) is 60.9 Å². The van der Waals surface area contributed by atoms with Crippen molar-refractivity contribution < 1.29 is 14.2 Å². The van der Waals surface area contributed by atoms with Crippen molar-refractivity contribution in [2.75, 3.05) is 31.8 Å². The number of fused-ring (bicyclic) bond motifs is 1. The minimum atomic E-state index is -0.138. The Labute approximate surface area is 220 Å². The fourth-order valence-electron chi connectivity index (χ4n) is 5.22. The summed E-state index contributed by atoms with van der Waals surface area (Å²) in [5.74, 6) is 2.29. The summed E-state index contributed by atoms with van der Waals surface area (Å²) in [6.45, 7) is 6.36. The fraction of sp³-hybridized carbons (Fsp3) is 0.407. The lowest BCUT2D eigenvalue weighted by Gasteiger charge is -2.28. The molecule has 0 amide bonds. The smallest absolute Gasteiger partial charge is 0.320 e. The Bertz CT molecular complexity index is 1400. The molecule has 2 atom stereocenters. The minimum absolute atomic E-state index is 0.138. The number of aryl methyl sites for hydroxylation is 1. The molecule has 4 aromatic rings. The summed E-state index contributed by atoms with van der Waals surface area (Å²) in [7, 11) is 1.66. The molecule has 1 aromatic carbocycles. The van der Waals surface area contributed by atoms with E-state index in [-0.39, 0.29) is 11.6 Å². The molecule has 0 bridgehead atoms. The Balaban J connectivity index is 1.31. The monoisotopic (exact) mass is 518 g/mol. The van der Waals surface area contributed by atoms with Crippen molar-refractivity contribution in [1.29, 1.82) is 0 Å². The molecule has 192 valence electrons. The first kappa shape index (κ1) is 23.9. The quantitative estimate of drug-likeness (QED) is 0.337. The number of thiazole rings is 1. The molecule has 6 rings (SSSR count). The van der Waals surface area contributed by atoms with Crippen LogP contribution in [-0.4, -0.2) is 63.2 Å². The Kier molecular flexibility index (Phi) is 6.29. The van der Waals surface area contributed by atoms with Crippen LogP contribution in [0.25, 0.3) is 17.1 Å². The zero-order valence-corrected chi connectivity index (χ0v) is 22.1. The number of hydrogen-bond donors (Lipinski definition) is 0. The summed E-state index contributed by atoms with van der Waals surface area (Å²) in [6.07, 6.45) is 4.63. The van der Waals surface area contributed by atoms with Gasteiger partial charge >= 0.3 is 6.01 Å². The van der Waals surface area contributed by atoms with Gasteiger partial charge in [0, 0.05) is 42.3 Å². The van der Waals surface area contributed by atoms with Crippen molar-refractivity contribution in [2.45, 2.75) is 44.8 Å². The zero-order valence-electron chi connectivity index (χ0n) is 21.3. The van der Waals surface area contributed by atoms with Gasteiger partial charge in [-0.25, -0.2) is 9.67 Å². The molecular formula is C27H30N6O3S.